The zero-order chi connectivity index (χ0) is 21.5. The predicted octanol–water partition coefficient (Wildman–Crippen LogP) is 2.26. The van der Waals surface area contributed by atoms with E-state index in [1.807, 2.05) is 37.4 Å². The molecule has 1 aliphatic heterocycles. The van der Waals surface area contributed by atoms with E-state index in [9.17, 15) is 14.4 Å². The quantitative estimate of drug-likeness (QED) is 0.569. The van der Waals surface area contributed by atoms with Crippen LogP contribution >= 0.6 is 0 Å². The van der Waals surface area contributed by atoms with Gasteiger partial charge in [0.25, 0.3) is 5.56 Å². The number of aryl methyl sites for hydroxylation is 1. The van der Waals surface area contributed by atoms with Gasteiger partial charge in [-0.05, 0) is 55.5 Å². The fourth-order valence-electron chi connectivity index (χ4n) is 4.32. The number of anilines is 1. The lowest BCUT2D eigenvalue weighted by molar-refractivity contribution is -0.122. The van der Waals surface area contributed by atoms with Crippen molar-refractivity contribution in [1.82, 2.24) is 19.9 Å². The van der Waals surface area contributed by atoms with Gasteiger partial charge in [-0.3, -0.25) is 14.4 Å². The molecule has 2 aliphatic rings. The molecule has 1 unspecified atom stereocenters. The van der Waals surface area contributed by atoms with Crippen LogP contribution in [0.5, 0.6) is 0 Å². The van der Waals surface area contributed by atoms with E-state index in [4.69, 9.17) is 0 Å². The zero-order valence-corrected chi connectivity index (χ0v) is 17.4. The number of H-pyrrole nitrogens is 1. The minimum Gasteiger partial charge on any atom is -0.360 e. The Balaban J connectivity index is 1.28. The van der Waals surface area contributed by atoms with E-state index >= 15 is 0 Å². The van der Waals surface area contributed by atoms with Crippen LogP contribution < -0.4 is 16.2 Å². The zero-order valence-electron chi connectivity index (χ0n) is 17.4. The van der Waals surface area contributed by atoms with Crippen molar-refractivity contribution in [3.63, 3.8) is 0 Å². The van der Waals surface area contributed by atoms with E-state index in [-0.39, 0.29) is 36.4 Å². The highest BCUT2D eigenvalue weighted by Gasteiger charge is 2.34. The van der Waals surface area contributed by atoms with Crippen LogP contribution in [0.3, 0.4) is 0 Å². The molecule has 1 fully saturated rings. The summed E-state index contributed by atoms with van der Waals surface area (Å²) in [5.74, 6) is 0.218. The summed E-state index contributed by atoms with van der Waals surface area (Å²) in [6, 6.07) is 7.56. The summed E-state index contributed by atoms with van der Waals surface area (Å²) >= 11 is 0. The molecule has 8 nitrogen and oxygen atoms in total. The summed E-state index contributed by atoms with van der Waals surface area (Å²) in [6.07, 6.45) is 5.69. The van der Waals surface area contributed by atoms with Crippen molar-refractivity contribution in [2.24, 2.45) is 11.8 Å². The molecule has 3 aromatic heterocycles. The van der Waals surface area contributed by atoms with Crippen LogP contribution in [0.4, 0.5) is 5.69 Å². The number of nitrogens with zero attached hydrogens (tertiary/aromatic N) is 2. The average molecular weight is 419 g/mol. The second-order valence-corrected chi connectivity index (χ2v) is 8.64. The lowest BCUT2D eigenvalue weighted by atomic mass is 9.89. The molecule has 31 heavy (non-hydrogen) atoms. The van der Waals surface area contributed by atoms with Crippen LogP contribution in [0.15, 0.2) is 35.3 Å². The van der Waals surface area contributed by atoms with Gasteiger partial charge >= 0.3 is 0 Å². The van der Waals surface area contributed by atoms with Crippen molar-refractivity contribution in [2.45, 2.75) is 45.7 Å². The number of aromatic amines is 1. The highest BCUT2D eigenvalue weighted by atomic mass is 16.2. The second-order valence-electron chi connectivity index (χ2n) is 8.64. The Morgan fingerprint density at radius 1 is 1.26 bits per heavy atom. The van der Waals surface area contributed by atoms with Gasteiger partial charge in [0.2, 0.25) is 11.8 Å². The number of carbonyl (C=O) groups excluding carboxylic acids is 2. The third-order valence-electron chi connectivity index (χ3n) is 6.22. The molecule has 5 rings (SSSR count). The lowest BCUT2D eigenvalue weighted by Crippen LogP contribution is -2.39. The molecule has 1 aliphatic carbocycles. The molecule has 2 amide bonds. The Labute approximate surface area is 179 Å². The smallest absolute Gasteiger partial charge is 0.275 e. The Hall–Kier alpha value is -3.42. The van der Waals surface area contributed by atoms with E-state index in [0.717, 1.165) is 28.7 Å². The van der Waals surface area contributed by atoms with E-state index in [2.05, 4.69) is 20.6 Å². The lowest BCUT2D eigenvalue weighted by Gasteiger charge is -2.25. The van der Waals surface area contributed by atoms with Crippen molar-refractivity contribution in [1.29, 1.82) is 0 Å². The molecular weight excluding hydrogens is 394 g/mol. The number of pyridine rings is 2. The van der Waals surface area contributed by atoms with Crippen LogP contribution in [0.2, 0.25) is 0 Å². The van der Waals surface area contributed by atoms with Gasteiger partial charge in [0.1, 0.15) is 12.2 Å². The predicted molar refractivity (Wildman–Crippen MR) is 117 cm³/mol. The van der Waals surface area contributed by atoms with Crippen molar-refractivity contribution >= 4 is 28.5 Å². The third-order valence-corrected chi connectivity index (χ3v) is 6.22. The molecule has 0 saturated heterocycles. The number of fused-ring (bicyclic) bond motifs is 2. The fourth-order valence-corrected chi connectivity index (χ4v) is 4.32. The van der Waals surface area contributed by atoms with Crippen LogP contribution in [0, 0.1) is 18.8 Å². The fraction of sp³-hybridized carbons (Fsp3) is 0.391. The second kappa shape index (κ2) is 7.68. The molecule has 0 bridgehead atoms. The maximum absolute atomic E-state index is 13.0. The van der Waals surface area contributed by atoms with Crippen LogP contribution in [-0.4, -0.2) is 26.3 Å². The summed E-state index contributed by atoms with van der Waals surface area (Å²) in [5, 5.41) is 5.63. The number of nitrogens with one attached hydrogen (secondary N) is 3. The first-order chi connectivity index (χ1) is 15.0. The summed E-state index contributed by atoms with van der Waals surface area (Å²) in [6.45, 7) is 1.99. The molecule has 8 heteroatoms. The van der Waals surface area contributed by atoms with Crippen LogP contribution in [0.1, 0.15) is 36.2 Å². The summed E-state index contributed by atoms with van der Waals surface area (Å²) in [5.41, 5.74) is 4.09. The summed E-state index contributed by atoms with van der Waals surface area (Å²) in [7, 11) is 0. The highest BCUT2D eigenvalue weighted by molar-refractivity contribution is 5.95. The molecule has 1 atom stereocenters. The Kier molecular flexibility index (Phi) is 4.84. The van der Waals surface area contributed by atoms with E-state index in [1.165, 1.54) is 17.4 Å². The molecule has 0 radical (unpaired) electrons. The van der Waals surface area contributed by atoms with E-state index < -0.39 is 0 Å². The Bertz CT molecular complexity index is 1240. The van der Waals surface area contributed by atoms with Crippen LogP contribution in [-0.2, 0) is 29.1 Å². The van der Waals surface area contributed by atoms with Gasteiger partial charge in [-0.25, -0.2) is 4.98 Å². The molecule has 4 heterocycles. The highest BCUT2D eigenvalue weighted by Crippen LogP contribution is 2.38. The monoisotopic (exact) mass is 419 g/mol. The topological polar surface area (TPSA) is 109 Å². The number of hydrogen-bond donors (Lipinski definition) is 3. The Morgan fingerprint density at radius 3 is 2.90 bits per heavy atom. The van der Waals surface area contributed by atoms with E-state index in [1.54, 1.807) is 0 Å². The normalized spacial score (nSPS) is 18.0. The molecule has 160 valence electrons. The molecule has 0 aromatic carbocycles. The number of hydrogen-bond acceptors (Lipinski definition) is 4. The largest absolute Gasteiger partial charge is 0.360 e. The van der Waals surface area contributed by atoms with Crippen LogP contribution in [0.25, 0.3) is 11.0 Å². The van der Waals surface area contributed by atoms with Gasteiger partial charge in [-0.2, -0.15) is 0 Å². The number of amides is 2. The standard InChI is InChI=1S/C23H25N5O3/c1-13-8-15-10-16(9-14-2-3-14)22(30)27-21(15)23(31)28(13)12-20(29)25-11-17-4-5-18-19(26-17)6-7-24-18/h4-8,14,16,24H,2-3,9-12H2,1H3,(H,25,29)(H,27,30). The first-order valence-electron chi connectivity index (χ1n) is 10.7. The van der Waals surface area contributed by atoms with Gasteiger partial charge in [0, 0.05) is 17.8 Å². The molecule has 3 N–H and O–H groups in total. The van der Waals surface area contributed by atoms with Gasteiger partial charge in [0.15, 0.2) is 0 Å². The average Bonchev–Trinajstić information content (AvgIpc) is 3.44. The summed E-state index contributed by atoms with van der Waals surface area (Å²) in [4.78, 5) is 45.6. The maximum Gasteiger partial charge on any atom is 0.275 e. The minimum atomic E-state index is -0.324. The van der Waals surface area contributed by atoms with Crippen molar-refractivity contribution in [3.05, 3.63) is 57.8 Å². The molecule has 3 aromatic rings. The minimum absolute atomic E-state index is 0.0668. The van der Waals surface area contributed by atoms with Gasteiger partial charge < -0.3 is 20.2 Å². The number of aromatic nitrogens is 3. The molecule has 1 saturated carbocycles. The van der Waals surface area contributed by atoms with Crippen molar-refractivity contribution in [2.75, 3.05) is 5.32 Å². The van der Waals surface area contributed by atoms with Gasteiger partial charge in [-0.1, -0.05) is 12.8 Å². The SMILES string of the molecule is Cc1cc2c(c(=O)n1CC(=O)NCc1ccc3[nH]ccc3n1)NC(=O)C(CC1CC1)C2. The third kappa shape index (κ3) is 3.97. The molecular formula is C23H25N5O3. The number of carbonyl (C=O) groups is 2. The first-order valence-corrected chi connectivity index (χ1v) is 10.7. The number of rotatable bonds is 6. The maximum atomic E-state index is 13.0. The van der Waals surface area contributed by atoms with Crippen molar-refractivity contribution in [3.8, 4) is 0 Å². The summed E-state index contributed by atoms with van der Waals surface area (Å²) < 4.78 is 1.42. The Morgan fingerprint density at radius 2 is 2.10 bits per heavy atom. The van der Waals surface area contributed by atoms with Gasteiger partial charge in [0.05, 0.1) is 23.3 Å². The van der Waals surface area contributed by atoms with Gasteiger partial charge in [-0.15, -0.1) is 0 Å². The van der Waals surface area contributed by atoms with E-state index in [0.29, 0.717) is 23.7 Å². The van der Waals surface area contributed by atoms with Crippen molar-refractivity contribution < 1.29 is 9.59 Å². The molecule has 0 spiro atoms. The first kappa shape index (κ1) is 19.5.